The average molecular weight is 477 g/mol. The Bertz CT molecular complexity index is 1130. The number of carbonyl (C=O) groups excluding carboxylic acids is 1. The van der Waals surface area contributed by atoms with Crippen molar-refractivity contribution in [1.29, 1.82) is 5.26 Å². The zero-order valence-electron chi connectivity index (χ0n) is 17.0. The predicted molar refractivity (Wildman–Crippen MR) is 122 cm³/mol. The molecule has 0 aliphatic carbocycles. The molecule has 1 atom stereocenters. The van der Waals surface area contributed by atoms with Crippen molar-refractivity contribution >= 4 is 27.5 Å². The fourth-order valence-corrected chi connectivity index (χ4v) is 4.29. The van der Waals surface area contributed by atoms with Crippen molar-refractivity contribution in [2.45, 2.75) is 25.0 Å². The summed E-state index contributed by atoms with van der Waals surface area (Å²) in [7, 11) is 1.59. The van der Waals surface area contributed by atoms with Gasteiger partial charge in [0.1, 0.15) is 18.1 Å². The van der Waals surface area contributed by atoms with Crippen molar-refractivity contribution in [3.63, 3.8) is 0 Å². The molecule has 6 heteroatoms. The standard InChI is InChI=1S/C25H21BrN2O3/c1-30-21-10-8-20(9-11-21)28-24(29)13-14-25(28,17-27)22-15-19(26)7-12-23(22)31-16-18-5-3-2-4-6-18/h2-12,15H,13-14,16H2,1H3. The van der Waals surface area contributed by atoms with Gasteiger partial charge in [-0.1, -0.05) is 46.3 Å². The van der Waals surface area contributed by atoms with Crippen molar-refractivity contribution in [3.05, 3.63) is 88.4 Å². The maximum Gasteiger partial charge on any atom is 0.228 e. The van der Waals surface area contributed by atoms with Gasteiger partial charge in [-0.3, -0.25) is 9.69 Å². The van der Waals surface area contributed by atoms with E-state index in [4.69, 9.17) is 9.47 Å². The lowest BCUT2D eigenvalue weighted by molar-refractivity contribution is -0.117. The minimum atomic E-state index is -1.17. The van der Waals surface area contributed by atoms with Gasteiger partial charge in [0.15, 0.2) is 5.54 Å². The zero-order valence-corrected chi connectivity index (χ0v) is 18.6. The monoisotopic (exact) mass is 476 g/mol. The molecule has 1 saturated heterocycles. The number of methoxy groups -OCH3 is 1. The lowest BCUT2D eigenvalue weighted by Gasteiger charge is -2.34. The zero-order chi connectivity index (χ0) is 21.8. The van der Waals surface area contributed by atoms with Crippen LogP contribution in [-0.2, 0) is 16.9 Å². The van der Waals surface area contributed by atoms with E-state index in [0.717, 1.165) is 10.0 Å². The van der Waals surface area contributed by atoms with Gasteiger partial charge in [0.25, 0.3) is 0 Å². The summed E-state index contributed by atoms with van der Waals surface area (Å²) in [5.41, 5.74) is 1.18. The number of hydrogen-bond donors (Lipinski definition) is 0. The maximum atomic E-state index is 12.9. The summed E-state index contributed by atoms with van der Waals surface area (Å²) in [5.74, 6) is 1.18. The fraction of sp³-hybridized carbons (Fsp3) is 0.200. The average Bonchev–Trinajstić information content (AvgIpc) is 3.16. The fourth-order valence-electron chi connectivity index (χ4n) is 3.93. The molecule has 1 amide bonds. The van der Waals surface area contributed by atoms with E-state index >= 15 is 0 Å². The summed E-state index contributed by atoms with van der Waals surface area (Å²) < 4.78 is 12.2. The minimum Gasteiger partial charge on any atom is -0.497 e. The smallest absolute Gasteiger partial charge is 0.228 e. The number of carbonyl (C=O) groups is 1. The molecule has 3 aromatic carbocycles. The Hall–Kier alpha value is -3.30. The first kappa shape index (κ1) is 21.0. The quantitative estimate of drug-likeness (QED) is 0.465. The highest BCUT2D eigenvalue weighted by atomic mass is 79.9. The van der Waals surface area contributed by atoms with Gasteiger partial charge in [0.2, 0.25) is 5.91 Å². The Morgan fingerprint density at radius 3 is 2.52 bits per heavy atom. The van der Waals surface area contributed by atoms with Crippen LogP contribution in [0.25, 0.3) is 0 Å². The summed E-state index contributed by atoms with van der Waals surface area (Å²) in [6.07, 6.45) is 0.663. The van der Waals surface area contributed by atoms with Gasteiger partial charge in [0, 0.05) is 22.1 Å². The summed E-state index contributed by atoms with van der Waals surface area (Å²) in [6.45, 7) is 0.369. The topological polar surface area (TPSA) is 62.6 Å². The minimum absolute atomic E-state index is 0.0966. The van der Waals surface area contributed by atoms with Crippen molar-refractivity contribution in [2.24, 2.45) is 0 Å². The molecule has 0 spiro atoms. The third-order valence-electron chi connectivity index (χ3n) is 5.47. The predicted octanol–water partition coefficient (Wildman–Crippen LogP) is 5.58. The Labute approximate surface area is 190 Å². The second-order valence-corrected chi connectivity index (χ2v) is 8.23. The van der Waals surface area contributed by atoms with Gasteiger partial charge in [-0.05, 0) is 54.4 Å². The van der Waals surface area contributed by atoms with Crippen molar-refractivity contribution in [3.8, 4) is 17.6 Å². The maximum absolute atomic E-state index is 12.9. The van der Waals surface area contributed by atoms with Crippen LogP contribution >= 0.6 is 15.9 Å². The third kappa shape index (κ3) is 4.01. The molecule has 4 rings (SSSR count). The van der Waals surface area contributed by atoms with Gasteiger partial charge in [-0.15, -0.1) is 0 Å². The molecule has 0 bridgehead atoms. The van der Waals surface area contributed by atoms with Crippen LogP contribution in [-0.4, -0.2) is 13.0 Å². The highest BCUT2D eigenvalue weighted by Gasteiger charge is 2.49. The van der Waals surface area contributed by atoms with E-state index in [1.165, 1.54) is 0 Å². The first-order chi connectivity index (χ1) is 15.1. The molecule has 5 nitrogen and oxygen atoms in total. The Morgan fingerprint density at radius 2 is 1.84 bits per heavy atom. The molecule has 1 aliphatic rings. The van der Waals surface area contributed by atoms with E-state index in [2.05, 4.69) is 22.0 Å². The molecule has 156 valence electrons. The van der Waals surface area contributed by atoms with Crippen LogP contribution < -0.4 is 14.4 Å². The largest absolute Gasteiger partial charge is 0.497 e. The molecule has 1 heterocycles. The van der Waals surface area contributed by atoms with Gasteiger partial charge >= 0.3 is 0 Å². The summed E-state index contributed by atoms with van der Waals surface area (Å²) in [4.78, 5) is 14.5. The molecule has 1 unspecified atom stereocenters. The van der Waals surface area contributed by atoms with Crippen LogP contribution in [0.4, 0.5) is 5.69 Å². The molecule has 1 aliphatic heterocycles. The summed E-state index contributed by atoms with van der Waals surface area (Å²) in [6, 6.07) is 25.1. The normalized spacial score (nSPS) is 18.0. The SMILES string of the molecule is COc1ccc(N2C(=O)CCC2(C#N)c2cc(Br)ccc2OCc2ccccc2)cc1. The molecule has 1 fully saturated rings. The van der Waals surface area contributed by atoms with E-state index < -0.39 is 5.54 Å². The molecular weight excluding hydrogens is 456 g/mol. The summed E-state index contributed by atoms with van der Waals surface area (Å²) >= 11 is 3.52. The van der Waals surface area contributed by atoms with Gasteiger partial charge in [-0.25, -0.2) is 0 Å². The van der Waals surface area contributed by atoms with E-state index in [-0.39, 0.29) is 12.3 Å². The Kier molecular flexibility index (Phi) is 5.97. The van der Waals surface area contributed by atoms with Crippen LogP contribution in [0, 0.1) is 11.3 Å². The lowest BCUT2D eigenvalue weighted by Crippen LogP contribution is -2.42. The third-order valence-corrected chi connectivity index (χ3v) is 5.96. The van der Waals surface area contributed by atoms with Crippen LogP contribution in [0.3, 0.4) is 0 Å². The molecule has 0 saturated carbocycles. The van der Waals surface area contributed by atoms with Crippen LogP contribution in [0.2, 0.25) is 0 Å². The molecule has 0 radical (unpaired) electrons. The number of ether oxygens (including phenoxy) is 2. The van der Waals surface area contributed by atoms with E-state index in [9.17, 15) is 10.1 Å². The second-order valence-electron chi connectivity index (χ2n) is 7.31. The van der Waals surface area contributed by atoms with Crippen LogP contribution in [0.5, 0.6) is 11.5 Å². The number of halogens is 1. The number of nitrogens with zero attached hydrogens (tertiary/aromatic N) is 2. The van der Waals surface area contributed by atoms with Crippen LogP contribution in [0.1, 0.15) is 24.0 Å². The second kappa shape index (κ2) is 8.83. The van der Waals surface area contributed by atoms with E-state index in [0.29, 0.717) is 35.8 Å². The number of benzene rings is 3. The molecule has 0 N–H and O–H groups in total. The van der Waals surface area contributed by atoms with Crippen molar-refractivity contribution < 1.29 is 14.3 Å². The number of hydrogen-bond acceptors (Lipinski definition) is 4. The van der Waals surface area contributed by atoms with E-state index in [1.54, 1.807) is 36.3 Å². The van der Waals surface area contributed by atoms with Gasteiger partial charge in [-0.2, -0.15) is 5.26 Å². The first-order valence-corrected chi connectivity index (χ1v) is 10.7. The van der Waals surface area contributed by atoms with Crippen molar-refractivity contribution in [1.82, 2.24) is 0 Å². The van der Waals surface area contributed by atoms with E-state index in [1.807, 2.05) is 48.5 Å². The highest BCUT2D eigenvalue weighted by molar-refractivity contribution is 9.10. The van der Waals surface area contributed by atoms with Crippen LogP contribution in [0.15, 0.2) is 77.3 Å². The number of anilines is 1. The Morgan fingerprint density at radius 1 is 1.10 bits per heavy atom. The summed E-state index contributed by atoms with van der Waals surface area (Å²) in [5, 5.41) is 10.4. The number of amides is 1. The molecule has 31 heavy (non-hydrogen) atoms. The van der Waals surface area contributed by atoms with Gasteiger partial charge < -0.3 is 9.47 Å². The van der Waals surface area contributed by atoms with Gasteiger partial charge in [0.05, 0.1) is 13.2 Å². The Balaban J connectivity index is 1.76. The van der Waals surface area contributed by atoms with Crippen molar-refractivity contribution in [2.75, 3.05) is 12.0 Å². The highest BCUT2D eigenvalue weighted by Crippen LogP contribution is 2.46. The lowest BCUT2D eigenvalue weighted by atomic mass is 9.87. The molecule has 3 aromatic rings. The number of rotatable bonds is 6. The number of nitriles is 1. The molecule has 0 aromatic heterocycles. The first-order valence-electron chi connectivity index (χ1n) is 9.92. The molecular formula is C25H21BrN2O3.